The number of aldehydes is 1. The van der Waals surface area contributed by atoms with Crippen LogP contribution in [0, 0.1) is 12.8 Å². The molecular formula is C17H15ClO3S. The molecule has 0 unspecified atom stereocenters. The van der Waals surface area contributed by atoms with Crippen molar-refractivity contribution in [2.24, 2.45) is 5.92 Å². The van der Waals surface area contributed by atoms with Crippen LogP contribution in [0.1, 0.15) is 17.0 Å². The highest BCUT2D eigenvalue weighted by Crippen LogP contribution is 2.52. The Kier molecular flexibility index (Phi) is 3.83. The first-order valence-electron chi connectivity index (χ1n) is 6.96. The quantitative estimate of drug-likeness (QED) is 0.805. The van der Waals surface area contributed by atoms with Crippen molar-refractivity contribution in [3.05, 3.63) is 64.7 Å². The van der Waals surface area contributed by atoms with Gasteiger partial charge in [0, 0.05) is 16.9 Å². The second-order valence-corrected chi connectivity index (χ2v) is 8.16. The van der Waals surface area contributed by atoms with Crippen LogP contribution in [0.15, 0.2) is 53.4 Å². The van der Waals surface area contributed by atoms with E-state index in [0.29, 0.717) is 5.02 Å². The number of benzene rings is 2. The molecule has 3 atom stereocenters. The summed E-state index contributed by atoms with van der Waals surface area (Å²) >= 11 is 5.86. The Hall–Kier alpha value is -1.65. The maximum absolute atomic E-state index is 12.7. The van der Waals surface area contributed by atoms with Gasteiger partial charge in [-0.2, -0.15) is 0 Å². The average Bonchev–Trinajstić information content (AvgIpc) is 3.24. The molecule has 1 aliphatic rings. The van der Waals surface area contributed by atoms with Crippen molar-refractivity contribution in [2.75, 3.05) is 0 Å². The van der Waals surface area contributed by atoms with Gasteiger partial charge in [-0.05, 0) is 36.8 Å². The fourth-order valence-corrected chi connectivity index (χ4v) is 5.09. The van der Waals surface area contributed by atoms with Crippen molar-refractivity contribution in [1.82, 2.24) is 0 Å². The Morgan fingerprint density at radius 3 is 2.14 bits per heavy atom. The Labute approximate surface area is 134 Å². The molecule has 0 aliphatic heterocycles. The van der Waals surface area contributed by atoms with Crippen LogP contribution in [-0.4, -0.2) is 20.0 Å². The van der Waals surface area contributed by atoms with Gasteiger partial charge < -0.3 is 4.79 Å². The molecule has 2 aromatic carbocycles. The molecule has 0 radical (unpaired) electrons. The lowest BCUT2D eigenvalue weighted by atomic mass is 10.1. The minimum absolute atomic E-state index is 0.270. The third-order valence-electron chi connectivity index (χ3n) is 4.13. The van der Waals surface area contributed by atoms with Gasteiger partial charge in [0.1, 0.15) is 6.29 Å². The van der Waals surface area contributed by atoms with E-state index in [1.807, 2.05) is 6.92 Å². The average molecular weight is 335 g/mol. The van der Waals surface area contributed by atoms with Crippen molar-refractivity contribution in [1.29, 1.82) is 0 Å². The number of halogens is 1. The standard InChI is InChI=1S/C17H15ClO3S/c1-11-2-8-14(9-3-11)22(20,21)17-15(10-19)16(17)12-4-6-13(18)7-5-12/h2-10,15-17H,1H3/t15-,16-,17-/m1/s1. The lowest BCUT2D eigenvalue weighted by Gasteiger charge is -2.05. The number of hydrogen-bond acceptors (Lipinski definition) is 3. The van der Waals surface area contributed by atoms with Crippen LogP contribution in [0.3, 0.4) is 0 Å². The summed E-state index contributed by atoms with van der Waals surface area (Å²) in [6.45, 7) is 1.90. The van der Waals surface area contributed by atoms with Gasteiger partial charge in [-0.25, -0.2) is 8.42 Å². The molecule has 1 fully saturated rings. The highest BCUT2D eigenvalue weighted by atomic mass is 35.5. The van der Waals surface area contributed by atoms with E-state index >= 15 is 0 Å². The zero-order valence-electron chi connectivity index (χ0n) is 11.9. The molecule has 0 heterocycles. The maximum atomic E-state index is 12.7. The van der Waals surface area contributed by atoms with E-state index in [4.69, 9.17) is 11.6 Å². The molecule has 2 aromatic rings. The summed E-state index contributed by atoms with van der Waals surface area (Å²) in [6, 6.07) is 13.7. The number of aryl methyl sites for hydroxylation is 1. The SMILES string of the molecule is Cc1ccc(S(=O)(=O)[C@@H]2[C@H](C=O)[C@H]2c2ccc(Cl)cc2)cc1. The molecule has 3 nitrogen and oxygen atoms in total. The van der Waals surface area contributed by atoms with Crippen molar-refractivity contribution >= 4 is 27.7 Å². The van der Waals surface area contributed by atoms with Crippen LogP contribution in [0.4, 0.5) is 0 Å². The minimum atomic E-state index is -3.52. The molecule has 3 rings (SSSR count). The Bertz CT molecular complexity index is 795. The first-order chi connectivity index (χ1) is 10.4. The van der Waals surface area contributed by atoms with E-state index in [2.05, 4.69) is 0 Å². The molecule has 0 N–H and O–H groups in total. The zero-order valence-corrected chi connectivity index (χ0v) is 13.5. The van der Waals surface area contributed by atoms with Gasteiger partial charge >= 0.3 is 0 Å². The van der Waals surface area contributed by atoms with E-state index < -0.39 is 21.0 Å². The Morgan fingerprint density at radius 1 is 1.00 bits per heavy atom. The molecule has 0 bridgehead atoms. The highest BCUT2D eigenvalue weighted by molar-refractivity contribution is 7.92. The smallest absolute Gasteiger partial charge is 0.182 e. The lowest BCUT2D eigenvalue weighted by Crippen LogP contribution is -2.11. The summed E-state index contributed by atoms with van der Waals surface area (Å²) < 4.78 is 25.5. The van der Waals surface area contributed by atoms with Gasteiger partial charge in [-0.15, -0.1) is 0 Å². The monoisotopic (exact) mass is 334 g/mol. The normalized spacial score (nSPS) is 24.0. The summed E-state index contributed by atoms with van der Waals surface area (Å²) in [6.07, 6.45) is 0.746. The molecule has 0 amide bonds. The Balaban J connectivity index is 1.95. The summed E-state index contributed by atoms with van der Waals surface area (Å²) in [5.41, 5.74) is 1.83. The number of sulfone groups is 1. The van der Waals surface area contributed by atoms with Crippen LogP contribution < -0.4 is 0 Å². The van der Waals surface area contributed by atoms with Gasteiger partial charge in [-0.1, -0.05) is 41.4 Å². The summed E-state index contributed by atoms with van der Waals surface area (Å²) in [4.78, 5) is 11.5. The van der Waals surface area contributed by atoms with Crippen LogP contribution in [0.5, 0.6) is 0 Å². The molecule has 1 saturated carbocycles. The van der Waals surface area contributed by atoms with Crippen molar-refractivity contribution in [2.45, 2.75) is 23.0 Å². The van der Waals surface area contributed by atoms with Crippen LogP contribution in [-0.2, 0) is 14.6 Å². The number of carbonyl (C=O) groups excluding carboxylic acids is 1. The molecule has 22 heavy (non-hydrogen) atoms. The largest absolute Gasteiger partial charge is 0.303 e. The molecule has 5 heteroatoms. The third kappa shape index (κ3) is 2.57. The Morgan fingerprint density at radius 2 is 1.59 bits per heavy atom. The molecule has 0 spiro atoms. The van der Waals surface area contributed by atoms with Gasteiger partial charge in [0.05, 0.1) is 10.1 Å². The zero-order chi connectivity index (χ0) is 15.9. The molecule has 114 valence electrons. The molecule has 1 aliphatic carbocycles. The lowest BCUT2D eigenvalue weighted by molar-refractivity contribution is -0.108. The highest BCUT2D eigenvalue weighted by Gasteiger charge is 2.58. The molecule has 0 aromatic heterocycles. The number of rotatable bonds is 4. The predicted octanol–water partition coefficient (Wildman–Crippen LogP) is 3.40. The van der Waals surface area contributed by atoms with E-state index in [1.165, 1.54) is 0 Å². The third-order valence-corrected chi connectivity index (χ3v) is 6.63. The van der Waals surface area contributed by atoms with Gasteiger partial charge in [0.2, 0.25) is 0 Å². The maximum Gasteiger partial charge on any atom is 0.182 e. The minimum Gasteiger partial charge on any atom is -0.303 e. The number of carbonyl (C=O) groups is 1. The summed E-state index contributed by atoms with van der Waals surface area (Å²) in [5, 5.41) is -0.0983. The van der Waals surface area contributed by atoms with Crippen molar-refractivity contribution in [3.63, 3.8) is 0 Å². The second-order valence-electron chi connectivity index (χ2n) is 5.61. The second kappa shape index (κ2) is 5.52. The van der Waals surface area contributed by atoms with E-state index in [0.717, 1.165) is 17.4 Å². The summed E-state index contributed by atoms with van der Waals surface area (Å²) in [5.74, 6) is -0.784. The van der Waals surface area contributed by atoms with E-state index in [-0.39, 0.29) is 10.8 Å². The summed E-state index contributed by atoms with van der Waals surface area (Å²) in [7, 11) is -3.52. The molecule has 0 saturated heterocycles. The van der Waals surface area contributed by atoms with Crippen LogP contribution >= 0.6 is 11.6 Å². The van der Waals surface area contributed by atoms with Gasteiger partial charge in [-0.3, -0.25) is 0 Å². The fraction of sp³-hybridized carbons (Fsp3) is 0.235. The van der Waals surface area contributed by atoms with Crippen LogP contribution in [0.2, 0.25) is 5.02 Å². The first-order valence-corrected chi connectivity index (χ1v) is 8.89. The number of hydrogen-bond donors (Lipinski definition) is 0. The van der Waals surface area contributed by atoms with Crippen molar-refractivity contribution in [3.8, 4) is 0 Å². The van der Waals surface area contributed by atoms with E-state index in [1.54, 1.807) is 48.5 Å². The van der Waals surface area contributed by atoms with Gasteiger partial charge in [0.15, 0.2) is 9.84 Å². The first kappa shape index (κ1) is 15.3. The topological polar surface area (TPSA) is 51.2 Å². The molecular weight excluding hydrogens is 320 g/mol. The fourth-order valence-electron chi connectivity index (χ4n) is 2.85. The van der Waals surface area contributed by atoms with Crippen molar-refractivity contribution < 1.29 is 13.2 Å². The van der Waals surface area contributed by atoms with Crippen LogP contribution in [0.25, 0.3) is 0 Å². The van der Waals surface area contributed by atoms with E-state index in [9.17, 15) is 13.2 Å². The predicted molar refractivity (Wildman–Crippen MR) is 85.9 cm³/mol. The van der Waals surface area contributed by atoms with Gasteiger partial charge in [0.25, 0.3) is 0 Å².